The second-order valence-electron chi connectivity index (χ2n) is 6.42. The highest BCUT2D eigenvalue weighted by Gasteiger charge is 2.22. The Morgan fingerprint density at radius 3 is 2.53 bits per heavy atom. The Morgan fingerprint density at radius 1 is 1.30 bits per heavy atom. The Balaban J connectivity index is 2.10. The van der Waals surface area contributed by atoms with E-state index in [2.05, 4.69) is 15.5 Å². The predicted octanol–water partition coefficient (Wildman–Crippen LogP) is 1.98. The van der Waals surface area contributed by atoms with Crippen molar-refractivity contribution < 1.29 is 27.9 Å². The number of nitrogens with zero attached hydrogens (tertiary/aromatic N) is 3. The van der Waals surface area contributed by atoms with Crippen molar-refractivity contribution in [2.45, 2.75) is 18.2 Å². The number of nitriles is 1. The molecule has 0 aliphatic heterocycles. The molecule has 0 saturated carbocycles. The van der Waals surface area contributed by atoms with Gasteiger partial charge in [-0.2, -0.15) is 5.26 Å². The largest absolute Gasteiger partial charge is 0.482 e. The number of aromatic nitrogens is 2. The van der Waals surface area contributed by atoms with Gasteiger partial charge in [-0.25, -0.2) is 13.2 Å². The molecule has 2 rings (SSSR count). The van der Waals surface area contributed by atoms with Crippen LogP contribution in [0.3, 0.4) is 0 Å². The van der Waals surface area contributed by atoms with E-state index in [1.54, 1.807) is 32.0 Å². The van der Waals surface area contributed by atoms with Crippen LogP contribution in [0, 0.1) is 17.2 Å². The molecule has 1 amide bonds. The highest BCUT2D eigenvalue weighted by Crippen LogP contribution is 2.23. The Morgan fingerprint density at radius 2 is 1.97 bits per heavy atom. The van der Waals surface area contributed by atoms with Crippen LogP contribution in [0.4, 0.5) is 5.13 Å². The number of aliphatic carboxylic acids is 1. The molecule has 10 nitrogen and oxygen atoms in total. The molecule has 0 fully saturated rings. The lowest BCUT2D eigenvalue weighted by Crippen LogP contribution is -2.13. The standard InChI is InChI=1S/C18H18N4O6S2/c1-11(2)10-30(26,27)18-22-21-17(29-18)20-16(25)13(8-19)7-12-3-5-14(6-4-12)28-9-15(23)24/h3-7,11H,9-10H2,1-2H3,(H,23,24)(H,20,21,25)/b13-7-. The summed E-state index contributed by atoms with van der Waals surface area (Å²) in [5.41, 5.74) is 0.262. The number of hydrogen-bond donors (Lipinski definition) is 2. The number of anilines is 1. The van der Waals surface area contributed by atoms with Crippen molar-refractivity contribution in [3.05, 3.63) is 35.4 Å². The van der Waals surface area contributed by atoms with Crippen LogP contribution in [0.1, 0.15) is 19.4 Å². The Kier molecular flexibility index (Phi) is 7.62. The van der Waals surface area contributed by atoms with E-state index in [1.807, 2.05) is 0 Å². The lowest BCUT2D eigenvalue weighted by molar-refractivity contribution is -0.139. The fraction of sp³-hybridized carbons (Fsp3) is 0.278. The average Bonchev–Trinajstić information content (AvgIpc) is 3.13. The van der Waals surface area contributed by atoms with E-state index in [0.717, 1.165) is 0 Å². The van der Waals surface area contributed by atoms with Crippen LogP contribution in [0.2, 0.25) is 0 Å². The highest BCUT2D eigenvalue weighted by atomic mass is 32.2. The van der Waals surface area contributed by atoms with Crippen molar-refractivity contribution in [2.75, 3.05) is 17.7 Å². The quantitative estimate of drug-likeness (QED) is 0.331. The molecule has 2 aromatic rings. The fourth-order valence-corrected chi connectivity index (χ4v) is 4.79. The van der Waals surface area contributed by atoms with E-state index in [4.69, 9.17) is 9.84 Å². The number of carboxylic acids is 1. The maximum Gasteiger partial charge on any atom is 0.341 e. The molecule has 0 spiro atoms. The van der Waals surface area contributed by atoms with E-state index >= 15 is 0 Å². The molecule has 0 unspecified atom stereocenters. The molecule has 0 bridgehead atoms. The number of carbonyl (C=O) groups is 2. The van der Waals surface area contributed by atoms with Gasteiger partial charge in [0.25, 0.3) is 5.91 Å². The molecule has 2 N–H and O–H groups in total. The summed E-state index contributed by atoms with van der Waals surface area (Å²) in [4.78, 5) is 22.8. The van der Waals surface area contributed by atoms with Gasteiger partial charge in [0, 0.05) is 0 Å². The van der Waals surface area contributed by atoms with E-state index in [9.17, 15) is 23.3 Å². The monoisotopic (exact) mass is 450 g/mol. The van der Waals surface area contributed by atoms with Crippen LogP contribution in [-0.2, 0) is 19.4 Å². The number of rotatable bonds is 9. The van der Waals surface area contributed by atoms with Gasteiger partial charge in [0.05, 0.1) is 5.75 Å². The Bertz CT molecular complexity index is 1100. The van der Waals surface area contributed by atoms with E-state index in [1.165, 1.54) is 18.2 Å². The number of amides is 1. The molecular weight excluding hydrogens is 432 g/mol. The average molecular weight is 450 g/mol. The summed E-state index contributed by atoms with van der Waals surface area (Å²) in [6.07, 6.45) is 1.31. The Labute approximate surface area is 176 Å². The van der Waals surface area contributed by atoms with Gasteiger partial charge in [-0.1, -0.05) is 37.3 Å². The van der Waals surface area contributed by atoms with Crippen LogP contribution < -0.4 is 10.1 Å². The summed E-state index contributed by atoms with van der Waals surface area (Å²) in [6.45, 7) is 3.03. The molecule has 0 radical (unpaired) electrons. The second kappa shape index (κ2) is 9.95. The zero-order valence-electron chi connectivity index (χ0n) is 16.0. The topological polar surface area (TPSA) is 159 Å². The number of hydrogen-bond acceptors (Lipinski definition) is 9. The lowest BCUT2D eigenvalue weighted by Gasteiger charge is -2.04. The van der Waals surface area contributed by atoms with Crippen molar-refractivity contribution in [1.29, 1.82) is 5.26 Å². The first-order valence-corrected chi connectivity index (χ1v) is 11.0. The molecular formula is C18H18N4O6S2. The van der Waals surface area contributed by atoms with Gasteiger partial charge in [-0.15, -0.1) is 10.2 Å². The zero-order valence-corrected chi connectivity index (χ0v) is 17.7. The van der Waals surface area contributed by atoms with Crippen molar-refractivity contribution in [3.63, 3.8) is 0 Å². The number of carboxylic acid groups (broad SMARTS) is 1. The number of carbonyl (C=O) groups excluding carboxylic acids is 1. The molecule has 0 aliphatic carbocycles. The van der Waals surface area contributed by atoms with Crippen molar-refractivity contribution in [2.24, 2.45) is 5.92 Å². The van der Waals surface area contributed by atoms with Crippen LogP contribution in [0.5, 0.6) is 5.75 Å². The number of benzene rings is 1. The molecule has 30 heavy (non-hydrogen) atoms. The van der Waals surface area contributed by atoms with Gasteiger partial charge in [0.2, 0.25) is 19.3 Å². The van der Waals surface area contributed by atoms with E-state index in [-0.39, 0.29) is 26.7 Å². The number of nitrogens with one attached hydrogen (secondary N) is 1. The molecule has 158 valence electrons. The van der Waals surface area contributed by atoms with Crippen LogP contribution >= 0.6 is 11.3 Å². The minimum atomic E-state index is -3.60. The first-order chi connectivity index (χ1) is 14.1. The smallest absolute Gasteiger partial charge is 0.341 e. The van der Waals surface area contributed by atoms with Crippen LogP contribution in [0.15, 0.2) is 34.2 Å². The highest BCUT2D eigenvalue weighted by molar-refractivity contribution is 7.93. The molecule has 1 heterocycles. The summed E-state index contributed by atoms with van der Waals surface area (Å²) in [5.74, 6) is -1.75. The minimum Gasteiger partial charge on any atom is -0.482 e. The number of ether oxygens (including phenoxy) is 1. The third-order valence-electron chi connectivity index (χ3n) is 3.36. The third-order valence-corrected chi connectivity index (χ3v) is 6.73. The van der Waals surface area contributed by atoms with Gasteiger partial charge in [0.1, 0.15) is 17.4 Å². The van der Waals surface area contributed by atoms with Gasteiger partial charge in [0.15, 0.2) is 6.61 Å². The van der Waals surface area contributed by atoms with E-state index < -0.39 is 28.3 Å². The third kappa shape index (κ3) is 6.64. The molecule has 0 aliphatic rings. The van der Waals surface area contributed by atoms with E-state index in [0.29, 0.717) is 22.6 Å². The maximum absolute atomic E-state index is 12.3. The first-order valence-electron chi connectivity index (χ1n) is 8.55. The first kappa shape index (κ1) is 23.0. The lowest BCUT2D eigenvalue weighted by atomic mass is 10.1. The fourth-order valence-electron chi connectivity index (χ4n) is 2.18. The van der Waals surface area contributed by atoms with Crippen molar-refractivity contribution in [3.8, 4) is 11.8 Å². The van der Waals surface area contributed by atoms with Gasteiger partial charge in [-0.05, 0) is 29.7 Å². The number of sulfone groups is 1. The van der Waals surface area contributed by atoms with Crippen molar-refractivity contribution >= 4 is 44.3 Å². The Hall–Kier alpha value is -3.30. The van der Waals surface area contributed by atoms with Crippen LogP contribution in [-0.4, -0.2) is 48.0 Å². The summed E-state index contributed by atoms with van der Waals surface area (Å²) in [7, 11) is -3.60. The minimum absolute atomic E-state index is 0.0408. The summed E-state index contributed by atoms with van der Waals surface area (Å²) >= 11 is 0.711. The molecule has 1 aromatic heterocycles. The summed E-state index contributed by atoms with van der Waals surface area (Å²) < 4.78 is 29.1. The predicted molar refractivity (Wildman–Crippen MR) is 109 cm³/mol. The van der Waals surface area contributed by atoms with Gasteiger partial charge >= 0.3 is 5.97 Å². The molecule has 0 saturated heterocycles. The zero-order chi connectivity index (χ0) is 22.3. The maximum atomic E-state index is 12.3. The normalized spacial score (nSPS) is 11.7. The summed E-state index contributed by atoms with van der Waals surface area (Å²) in [5, 5.41) is 27.5. The molecule has 12 heteroatoms. The van der Waals surface area contributed by atoms with Gasteiger partial charge < -0.3 is 9.84 Å². The van der Waals surface area contributed by atoms with Gasteiger partial charge in [-0.3, -0.25) is 10.1 Å². The second-order valence-corrected chi connectivity index (χ2v) is 9.61. The van der Waals surface area contributed by atoms with Crippen molar-refractivity contribution in [1.82, 2.24) is 10.2 Å². The molecule has 1 aromatic carbocycles. The summed E-state index contributed by atoms with van der Waals surface area (Å²) in [6, 6.07) is 7.85. The SMILES string of the molecule is CC(C)CS(=O)(=O)c1nnc(NC(=O)/C(C#N)=C\c2ccc(OCC(=O)O)cc2)s1. The van der Waals surface area contributed by atoms with Crippen LogP contribution in [0.25, 0.3) is 6.08 Å². The molecule has 0 atom stereocenters.